The molecule has 0 fully saturated rings. The summed E-state index contributed by atoms with van der Waals surface area (Å²) < 4.78 is 1.81. The molecule has 0 aromatic carbocycles. The quantitative estimate of drug-likeness (QED) is 0.309. The van der Waals surface area contributed by atoms with Crippen molar-refractivity contribution in [3.8, 4) is 0 Å². The van der Waals surface area contributed by atoms with E-state index in [4.69, 9.17) is 0 Å². The second-order valence-electron chi connectivity index (χ2n) is 4.13. The van der Waals surface area contributed by atoms with E-state index in [2.05, 4.69) is 49.7 Å². The van der Waals surface area contributed by atoms with Gasteiger partial charge in [0.15, 0.2) is 0 Å². The minimum Gasteiger partial charge on any atom is -0.273 e. The van der Waals surface area contributed by atoms with Crippen molar-refractivity contribution < 1.29 is 19.3 Å². The summed E-state index contributed by atoms with van der Waals surface area (Å²) in [5.74, 6) is 4.99. The molecule has 19 heavy (non-hydrogen) atoms. The van der Waals surface area contributed by atoms with Gasteiger partial charge in [0.2, 0.25) is 0 Å². The standard InChI is InChI=1S/2C5H5.C3H6.C2H6Ge.2ClH.Hf/c2*1-2-4-5-3-1;2*1-3-2;;;/h2*1-3H,4H2;2*1-2H3;2*1H;/q2*-1;;;;;. The van der Waals surface area contributed by atoms with Crippen LogP contribution in [0.15, 0.2) is 36.5 Å². The van der Waals surface area contributed by atoms with Crippen LogP contribution in [0.4, 0.5) is 0 Å². The zero-order valence-corrected chi connectivity index (χ0v) is 19.5. The zero-order valence-electron chi connectivity index (χ0n) is 12.2. The Morgan fingerprint density at radius 3 is 1.42 bits per heavy atom. The largest absolute Gasteiger partial charge is 0.273 e. The minimum atomic E-state index is -0.292. The fourth-order valence-corrected chi connectivity index (χ4v) is 21.9. The zero-order chi connectivity index (χ0) is 12.9. The summed E-state index contributed by atoms with van der Waals surface area (Å²) in [5.41, 5.74) is 0. The Labute approximate surface area is 143 Å². The van der Waals surface area contributed by atoms with Gasteiger partial charge in [0, 0.05) is 0 Å². The molecule has 0 nitrogen and oxygen atoms in total. The van der Waals surface area contributed by atoms with E-state index < -0.39 is 0 Å². The summed E-state index contributed by atoms with van der Waals surface area (Å²) in [6.07, 6.45) is 20.0. The van der Waals surface area contributed by atoms with Crippen LogP contribution in [-0.4, -0.2) is 13.3 Å². The van der Waals surface area contributed by atoms with Gasteiger partial charge in [-0.2, -0.15) is 12.2 Å². The molecule has 0 aromatic heterocycles. The van der Waals surface area contributed by atoms with E-state index >= 15 is 0 Å². The van der Waals surface area contributed by atoms with E-state index in [-0.39, 0.29) is 54.2 Å². The third kappa shape index (κ3) is 24.2. The fourth-order valence-electron chi connectivity index (χ4n) is 1.18. The molecule has 0 saturated carbocycles. The molecule has 0 unspecified atom stereocenters. The van der Waals surface area contributed by atoms with Crippen molar-refractivity contribution in [1.82, 2.24) is 0 Å². The van der Waals surface area contributed by atoms with Crippen molar-refractivity contribution in [3.63, 3.8) is 0 Å². The summed E-state index contributed by atoms with van der Waals surface area (Å²) in [5, 5.41) is 0. The third-order valence-electron chi connectivity index (χ3n) is 1.67. The average Bonchev–Trinajstić information content (AvgIpc) is 2.96. The summed E-state index contributed by atoms with van der Waals surface area (Å²) in [6.45, 7) is 4.62. The maximum atomic E-state index is 2.99. The summed E-state index contributed by atoms with van der Waals surface area (Å²) in [7, 11) is -0.292. The van der Waals surface area contributed by atoms with Gasteiger partial charge in [-0.1, -0.05) is 0 Å². The Bertz CT molecular complexity index is 325. The molecule has 0 amide bonds. The van der Waals surface area contributed by atoms with Gasteiger partial charge >= 0.3 is 58.0 Å². The van der Waals surface area contributed by atoms with Crippen LogP contribution in [0.1, 0.15) is 26.7 Å². The van der Waals surface area contributed by atoms with Gasteiger partial charge in [0.1, 0.15) is 0 Å². The summed E-state index contributed by atoms with van der Waals surface area (Å²) in [6, 6.07) is 0. The molecule has 0 saturated heterocycles. The predicted molar refractivity (Wildman–Crippen MR) is 91.5 cm³/mol. The van der Waals surface area contributed by atoms with E-state index in [0.29, 0.717) is 0 Å². The molecule has 0 aromatic rings. The van der Waals surface area contributed by atoms with Crippen LogP contribution in [0.3, 0.4) is 0 Å². The first-order chi connectivity index (χ1) is 8.13. The van der Waals surface area contributed by atoms with Crippen LogP contribution in [0.2, 0.25) is 11.5 Å². The fraction of sp³-hybridized carbons (Fsp3) is 0.400. The maximum absolute atomic E-state index is 2.99. The van der Waals surface area contributed by atoms with Gasteiger partial charge in [-0.3, -0.25) is 12.2 Å². The second-order valence-corrected chi connectivity index (χ2v) is 35.8. The Kier molecular flexibility index (Phi) is 24.6. The minimum absolute atomic E-state index is 0. The molecule has 0 radical (unpaired) electrons. The number of allylic oxidation sites excluding steroid dienone is 8. The summed E-state index contributed by atoms with van der Waals surface area (Å²) >= 11 is -0.0679. The number of rotatable bonds is 0. The van der Waals surface area contributed by atoms with E-state index in [1.165, 1.54) is 0 Å². The van der Waals surface area contributed by atoms with Crippen molar-refractivity contribution >= 4 is 38.1 Å². The van der Waals surface area contributed by atoms with Crippen molar-refractivity contribution in [2.24, 2.45) is 0 Å². The molecule has 2 rings (SSSR count). The molecule has 0 bridgehead atoms. The third-order valence-corrected chi connectivity index (χ3v) is 22.4. The topological polar surface area (TPSA) is 0 Å². The maximum Gasteiger partial charge on any atom is -0.109 e. The van der Waals surface area contributed by atoms with Crippen LogP contribution in [0.5, 0.6) is 0 Å². The summed E-state index contributed by atoms with van der Waals surface area (Å²) in [4.78, 5) is 0. The van der Waals surface area contributed by atoms with Gasteiger partial charge in [-0.25, -0.2) is 24.3 Å². The van der Waals surface area contributed by atoms with Gasteiger partial charge in [-0.15, -0.1) is 37.7 Å². The molecule has 0 aliphatic heterocycles. The van der Waals surface area contributed by atoms with Crippen molar-refractivity contribution in [1.29, 1.82) is 0 Å². The van der Waals surface area contributed by atoms with Gasteiger partial charge in [-0.05, 0) is 0 Å². The van der Waals surface area contributed by atoms with Gasteiger partial charge in [0.25, 0.3) is 0 Å². The Balaban J connectivity index is -0.000000194. The number of hydrogen-bond acceptors (Lipinski definition) is 0. The second kappa shape index (κ2) is 18.8. The predicted octanol–water partition coefficient (Wildman–Crippen LogP) is 4.99. The van der Waals surface area contributed by atoms with Crippen LogP contribution in [-0.2, 0) is 19.3 Å². The molecule has 0 atom stereocenters. The Morgan fingerprint density at radius 2 is 1.37 bits per heavy atom. The first-order valence-corrected chi connectivity index (χ1v) is 22.3. The molecule has 2 aliphatic carbocycles. The smallest absolute Gasteiger partial charge is 0.109 e. The molecule has 4 heteroatoms. The van der Waals surface area contributed by atoms with E-state index in [0.717, 1.165) is 12.8 Å². The van der Waals surface area contributed by atoms with E-state index in [1.807, 2.05) is 24.3 Å². The number of hydrogen-bond donors (Lipinski definition) is 0. The van der Waals surface area contributed by atoms with Crippen molar-refractivity contribution in [3.05, 3.63) is 48.6 Å². The number of halogens is 2. The molecular formula is C15H24Cl2GeHf-2. The van der Waals surface area contributed by atoms with Crippen molar-refractivity contribution in [2.75, 3.05) is 0 Å². The van der Waals surface area contributed by atoms with E-state index in [1.54, 1.807) is 3.26 Å². The van der Waals surface area contributed by atoms with E-state index in [9.17, 15) is 0 Å². The molecule has 0 N–H and O–H groups in total. The van der Waals surface area contributed by atoms with Crippen LogP contribution >= 0.6 is 24.8 Å². The normalized spacial score (nSPS) is 12.0. The molecule has 2 aliphatic rings. The first kappa shape index (κ1) is 24.8. The van der Waals surface area contributed by atoms with Gasteiger partial charge in [0.05, 0.1) is 0 Å². The Morgan fingerprint density at radius 1 is 0.947 bits per heavy atom. The molecular weight excluding hydrogens is 502 g/mol. The monoisotopic (exact) mass is 528 g/mol. The van der Waals surface area contributed by atoms with Crippen LogP contribution in [0, 0.1) is 12.2 Å². The van der Waals surface area contributed by atoms with Crippen LogP contribution in [0.25, 0.3) is 0 Å². The molecule has 0 spiro atoms. The van der Waals surface area contributed by atoms with Crippen molar-refractivity contribution in [2.45, 2.75) is 38.2 Å². The van der Waals surface area contributed by atoms with Gasteiger partial charge < -0.3 is 0 Å². The SMILES string of the molecule is C[C](C)=[Hf]=[Ge]([CH3])[CH3].Cl.Cl.[C-]1=CC=CC1.[C-]1=CC=CC1. The Hall–Kier alpha value is 0.823. The average molecular weight is 526 g/mol. The molecule has 108 valence electrons. The van der Waals surface area contributed by atoms with Crippen LogP contribution < -0.4 is 0 Å². The molecule has 0 heterocycles. The first-order valence-electron chi connectivity index (χ1n) is 5.93.